The lowest BCUT2D eigenvalue weighted by Crippen LogP contribution is -2.35. The Bertz CT molecular complexity index is 1950. The lowest BCUT2D eigenvalue weighted by molar-refractivity contribution is 0.0596. The number of imidazole rings is 1. The second-order valence-electron chi connectivity index (χ2n) is 11.2. The van der Waals surface area contributed by atoms with Crippen molar-refractivity contribution in [2.24, 2.45) is 12.2 Å². The number of nitrogens with zero attached hydrogens (tertiary/aromatic N) is 6. The molecule has 1 amide bonds. The molecule has 13 heteroatoms. The van der Waals surface area contributed by atoms with Gasteiger partial charge in [-0.15, -0.1) is 0 Å². The van der Waals surface area contributed by atoms with Crippen molar-refractivity contribution in [1.82, 2.24) is 19.5 Å². The number of benzene rings is 3. The Balaban J connectivity index is 1.46. The van der Waals surface area contributed by atoms with Crippen LogP contribution in [0.4, 0.5) is 39.6 Å². The summed E-state index contributed by atoms with van der Waals surface area (Å²) >= 11 is 0. The van der Waals surface area contributed by atoms with Crippen molar-refractivity contribution >= 4 is 61.9 Å². The number of primary sulfonamides is 1. The van der Waals surface area contributed by atoms with Gasteiger partial charge in [-0.2, -0.15) is 4.98 Å². The quantitative estimate of drug-likeness (QED) is 0.228. The maximum Gasteiger partial charge on any atom is 0.421 e. The minimum Gasteiger partial charge on any atom is -0.443 e. The molecule has 228 valence electrons. The first-order chi connectivity index (χ1) is 20.7. The highest BCUT2D eigenvalue weighted by molar-refractivity contribution is 7.89. The van der Waals surface area contributed by atoms with Gasteiger partial charge in [0, 0.05) is 31.7 Å². The number of hydrogen-bond acceptors (Lipinski definition) is 9. The van der Waals surface area contributed by atoms with Crippen LogP contribution in [0.1, 0.15) is 26.3 Å². The molecule has 12 nitrogen and oxygen atoms in total. The number of carbonyl (C=O) groups excluding carboxylic acids is 1. The van der Waals surface area contributed by atoms with E-state index in [0.717, 1.165) is 11.2 Å². The molecular formula is C31H34N8O4S. The molecule has 0 aliphatic heterocycles. The van der Waals surface area contributed by atoms with E-state index in [2.05, 4.69) is 15.3 Å². The average molecular weight is 615 g/mol. The monoisotopic (exact) mass is 614 g/mol. The molecule has 0 aliphatic rings. The number of nitrogens with one attached hydrogen (secondary N) is 1. The molecule has 0 atom stereocenters. The number of nitrogens with two attached hydrogens (primary N) is 1. The molecule has 0 saturated heterocycles. The van der Waals surface area contributed by atoms with Crippen molar-refractivity contribution in [3.63, 3.8) is 0 Å². The van der Waals surface area contributed by atoms with Crippen molar-refractivity contribution in [3.05, 3.63) is 84.6 Å². The fourth-order valence-electron chi connectivity index (χ4n) is 4.61. The highest BCUT2D eigenvalue weighted by atomic mass is 32.2. The van der Waals surface area contributed by atoms with Crippen LogP contribution < -0.4 is 20.3 Å². The Morgan fingerprint density at radius 3 is 2.39 bits per heavy atom. The number of rotatable bonds is 7. The lowest BCUT2D eigenvalue weighted by atomic mass is 10.2. The van der Waals surface area contributed by atoms with Crippen LogP contribution in [-0.2, 0) is 21.8 Å². The van der Waals surface area contributed by atoms with Gasteiger partial charge < -0.3 is 19.5 Å². The molecule has 3 N–H and O–H groups in total. The largest absolute Gasteiger partial charge is 0.443 e. The maximum absolute atomic E-state index is 13.4. The third kappa shape index (κ3) is 6.48. The molecule has 5 rings (SSSR count). The van der Waals surface area contributed by atoms with Gasteiger partial charge in [-0.1, -0.05) is 24.3 Å². The molecule has 5 aromatic rings. The number of carbonyl (C=O) groups is 1. The van der Waals surface area contributed by atoms with Crippen LogP contribution in [0.3, 0.4) is 0 Å². The summed E-state index contributed by atoms with van der Waals surface area (Å²) in [4.78, 5) is 30.5. The second kappa shape index (κ2) is 11.6. The van der Waals surface area contributed by atoms with E-state index in [1.54, 1.807) is 31.3 Å². The van der Waals surface area contributed by atoms with E-state index >= 15 is 0 Å². The summed E-state index contributed by atoms with van der Waals surface area (Å²) in [6, 6.07) is 21.6. The Hall–Kier alpha value is -5.01. The molecule has 0 bridgehead atoms. The van der Waals surface area contributed by atoms with Gasteiger partial charge in [-0.3, -0.25) is 0 Å². The number of fused-ring (bicyclic) bond motifs is 1. The van der Waals surface area contributed by atoms with Gasteiger partial charge in [0.2, 0.25) is 21.9 Å². The first kappa shape index (κ1) is 30.4. The van der Waals surface area contributed by atoms with Gasteiger partial charge in [-0.05, 0) is 81.8 Å². The van der Waals surface area contributed by atoms with E-state index < -0.39 is 21.7 Å². The molecule has 0 radical (unpaired) electrons. The summed E-state index contributed by atoms with van der Waals surface area (Å²) in [5, 5.41) is 8.41. The van der Waals surface area contributed by atoms with Crippen molar-refractivity contribution in [2.45, 2.75) is 38.2 Å². The molecule has 0 aliphatic carbocycles. The Kier molecular flexibility index (Phi) is 8.02. The number of aromatic nitrogens is 4. The minimum atomic E-state index is -3.89. The highest BCUT2D eigenvalue weighted by Gasteiger charge is 2.28. The van der Waals surface area contributed by atoms with Crippen molar-refractivity contribution in [2.75, 3.05) is 22.2 Å². The first-order valence-corrected chi connectivity index (χ1v) is 15.3. The molecule has 3 aromatic carbocycles. The summed E-state index contributed by atoms with van der Waals surface area (Å²) in [6.45, 7) is 7.14. The van der Waals surface area contributed by atoms with Gasteiger partial charge in [0.25, 0.3) is 0 Å². The van der Waals surface area contributed by atoms with Crippen LogP contribution in [-0.4, -0.2) is 46.7 Å². The predicted octanol–water partition coefficient (Wildman–Crippen LogP) is 5.90. The molecule has 0 fully saturated rings. The third-order valence-corrected chi connectivity index (χ3v) is 7.81. The fourth-order valence-corrected chi connectivity index (χ4v) is 5.42. The summed E-state index contributed by atoms with van der Waals surface area (Å²) in [5.41, 5.74) is 3.23. The SMILES string of the molecule is Cc1ccc(Nc2nccc(N(C)c3ccc4c(c3)nc(N(C(=O)OC(C)(C)C)c3ccccc3)n4C)n2)cc1S(N)(=O)=O. The second-order valence-corrected chi connectivity index (χ2v) is 12.8. The lowest BCUT2D eigenvalue weighted by Gasteiger charge is -2.26. The van der Waals surface area contributed by atoms with Crippen LogP contribution in [0, 0.1) is 6.92 Å². The van der Waals surface area contributed by atoms with Crippen LogP contribution in [0.15, 0.2) is 83.9 Å². The van der Waals surface area contributed by atoms with E-state index in [1.807, 2.05) is 92.9 Å². The standard InChI is InChI=1S/C31H34N8O4S/c1-20-12-13-21(18-26(20)44(32,41)42)34-28-33-17-16-27(36-28)37(5)23-14-15-25-24(19-23)35-29(38(25)6)39(22-10-8-7-9-11-22)30(40)43-31(2,3)4/h7-19H,1-6H3,(H2,32,41,42)(H,33,34,36). The zero-order valence-corrected chi connectivity index (χ0v) is 26.1. The zero-order chi connectivity index (χ0) is 31.8. The van der Waals surface area contributed by atoms with Gasteiger partial charge in [0.1, 0.15) is 11.4 Å². The summed E-state index contributed by atoms with van der Waals surface area (Å²) in [5.74, 6) is 1.26. The molecule has 2 aromatic heterocycles. The van der Waals surface area contributed by atoms with Crippen molar-refractivity contribution in [3.8, 4) is 0 Å². The number of anilines is 6. The highest BCUT2D eigenvalue weighted by Crippen LogP contribution is 2.32. The number of amides is 1. The van der Waals surface area contributed by atoms with Gasteiger partial charge in [0.05, 0.1) is 21.6 Å². The Labute approximate surface area is 256 Å². The topological polar surface area (TPSA) is 149 Å². The van der Waals surface area contributed by atoms with Crippen LogP contribution in [0.25, 0.3) is 11.0 Å². The van der Waals surface area contributed by atoms with Crippen LogP contribution in [0.2, 0.25) is 0 Å². The fraction of sp³-hybridized carbons (Fsp3) is 0.226. The summed E-state index contributed by atoms with van der Waals surface area (Å²) in [6.07, 6.45) is 1.07. The minimum absolute atomic E-state index is 0.0244. The van der Waals surface area contributed by atoms with Gasteiger partial charge in [0.15, 0.2) is 0 Å². The summed E-state index contributed by atoms with van der Waals surface area (Å²) < 4.78 is 31.5. The molecular weight excluding hydrogens is 580 g/mol. The van der Waals surface area contributed by atoms with Crippen molar-refractivity contribution < 1.29 is 17.9 Å². The first-order valence-electron chi connectivity index (χ1n) is 13.7. The maximum atomic E-state index is 13.4. The van der Waals surface area contributed by atoms with E-state index in [-0.39, 0.29) is 10.8 Å². The van der Waals surface area contributed by atoms with E-state index in [4.69, 9.17) is 14.9 Å². The van der Waals surface area contributed by atoms with E-state index in [0.29, 0.717) is 34.2 Å². The third-order valence-electron chi connectivity index (χ3n) is 6.75. The zero-order valence-electron chi connectivity index (χ0n) is 25.3. The number of para-hydroxylation sites is 1. The summed E-state index contributed by atoms with van der Waals surface area (Å²) in [7, 11) is -0.175. The molecule has 44 heavy (non-hydrogen) atoms. The van der Waals surface area contributed by atoms with Gasteiger partial charge >= 0.3 is 6.09 Å². The molecule has 0 spiro atoms. The molecule has 2 heterocycles. The molecule has 0 unspecified atom stereocenters. The Morgan fingerprint density at radius 1 is 0.977 bits per heavy atom. The van der Waals surface area contributed by atoms with Crippen LogP contribution >= 0.6 is 0 Å². The number of ether oxygens (including phenoxy) is 1. The van der Waals surface area contributed by atoms with E-state index in [1.165, 1.54) is 11.0 Å². The molecule has 0 saturated carbocycles. The smallest absolute Gasteiger partial charge is 0.421 e. The predicted molar refractivity (Wildman–Crippen MR) is 171 cm³/mol. The Morgan fingerprint density at radius 2 is 1.70 bits per heavy atom. The van der Waals surface area contributed by atoms with E-state index in [9.17, 15) is 13.2 Å². The van der Waals surface area contributed by atoms with Gasteiger partial charge in [-0.25, -0.2) is 33.2 Å². The normalized spacial score (nSPS) is 11.8. The number of hydrogen-bond donors (Lipinski definition) is 2. The van der Waals surface area contributed by atoms with Crippen molar-refractivity contribution in [1.29, 1.82) is 0 Å². The average Bonchev–Trinajstić information content (AvgIpc) is 3.28. The van der Waals surface area contributed by atoms with Crippen LogP contribution in [0.5, 0.6) is 0 Å². The number of sulfonamides is 1. The number of aryl methyl sites for hydroxylation is 2.